The molecule has 1 atom stereocenters. The van der Waals surface area contributed by atoms with E-state index < -0.39 is 32.9 Å². The average molecular weight is 367 g/mol. The standard InChI is InChI=1S/C13H13NO4S.C2H4N2O2/c1-8(13(15)16)19(17,18)12-7-6-11(14)9-4-2-3-5-10(9)12;3-1(5)2(4)6/h2-8H,14H2,1H3,(H,15,16);(H2,3,5)(H2,4,6). The van der Waals surface area contributed by atoms with Crippen LogP contribution in [0.25, 0.3) is 10.8 Å². The van der Waals surface area contributed by atoms with Crippen LogP contribution >= 0.6 is 0 Å². The number of sulfone groups is 1. The van der Waals surface area contributed by atoms with Gasteiger partial charge in [-0.1, -0.05) is 24.3 Å². The molecule has 0 spiro atoms. The van der Waals surface area contributed by atoms with Crippen LogP contribution < -0.4 is 17.2 Å². The second kappa shape index (κ2) is 7.62. The van der Waals surface area contributed by atoms with Crippen molar-refractivity contribution in [2.75, 3.05) is 5.73 Å². The molecule has 1 unspecified atom stereocenters. The van der Waals surface area contributed by atoms with Gasteiger partial charge in [0.1, 0.15) is 0 Å². The number of carbonyl (C=O) groups is 3. The number of hydrogen-bond acceptors (Lipinski definition) is 6. The fourth-order valence-electron chi connectivity index (χ4n) is 1.87. The molecule has 0 bridgehead atoms. The molecular weight excluding hydrogens is 350 g/mol. The van der Waals surface area contributed by atoms with Gasteiger partial charge < -0.3 is 22.3 Å². The molecule has 0 aliphatic carbocycles. The Morgan fingerprint density at radius 2 is 1.44 bits per heavy atom. The Bertz CT molecular complexity index is 927. The first-order valence-corrected chi connectivity index (χ1v) is 8.38. The second-order valence-corrected chi connectivity index (χ2v) is 7.19. The molecule has 2 aromatic carbocycles. The Morgan fingerprint density at radius 3 is 1.88 bits per heavy atom. The molecule has 0 saturated heterocycles. The molecule has 0 aliphatic heterocycles. The second-order valence-electron chi connectivity index (χ2n) is 4.95. The number of carbonyl (C=O) groups excluding carboxylic acids is 2. The number of rotatable bonds is 3. The first kappa shape index (κ1) is 19.9. The maximum Gasteiger partial charge on any atom is 0.321 e. The van der Waals surface area contributed by atoms with Gasteiger partial charge in [-0.05, 0) is 19.1 Å². The van der Waals surface area contributed by atoms with Crippen molar-refractivity contribution in [1.29, 1.82) is 0 Å². The molecule has 2 amide bonds. The highest BCUT2D eigenvalue weighted by atomic mass is 32.2. The Morgan fingerprint density at radius 1 is 0.960 bits per heavy atom. The van der Waals surface area contributed by atoms with Crippen LogP contribution in [-0.4, -0.2) is 36.6 Å². The largest absolute Gasteiger partial charge is 0.480 e. The van der Waals surface area contributed by atoms with E-state index in [4.69, 9.17) is 10.8 Å². The molecule has 0 radical (unpaired) electrons. The third kappa shape index (κ3) is 4.44. The van der Waals surface area contributed by atoms with E-state index in [1.54, 1.807) is 24.3 Å². The number of hydrogen-bond donors (Lipinski definition) is 4. The zero-order valence-electron chi connectivity index (χ0n) is 13.2. The first-order chi connectivity index (χ1) is 11.5. The molecule has 134 valence electrons. The van der Waals surface area contributed by atoms with Gasteiger partial charge in [-0.25, -0.2) is 8.42 Å². The van der Waals surface area contributed by atoms with Crippen molar-refractivity contribution in [2.24, 2.45) is 11.5 Å². The van der Waals surface area contributed by atoms with Crippen LogP contribution in [0.4, 0.5) is 5.69 Å². The van der Waals surface area contributed by atoms with E-state index in [0.717, 1.165) is 6.92 Å². The quantitative estimate of drug-likeness (QED) is 0.421. The average Bonchev–Trinajstić information content (AvgIpc) is 2.54. The lowest BCUT2D eigenvalue weighted by atomic mass is 10.1. The highest BCUT2D eigenvalue weighted by molar-refractivity contribution is 7.93. The minimum absolute atomic E-state index is 0.00722. The van der Waals surface area contributed by atoms with Crippen molar-refractivity contribution in [3.63, 3.8) is 0 Å². The Balaban J connectivity index is 0.000000450. The van der Waals surface area contributed by atoms with Gasteiger partial charge in [-0.15, -0.1) is 0 Å². The third-order valence-corrected chi connectivity index (χ3v) is 5.38. The summed E-state index contributed by atoms with van der Waals surface area (Å²) >= 11 is 0. The van der Waals surface area contributed by atoms with E-state index in [-0.39, 0.29) is 4.90 Å². The van der Waals surface area contributed by atoms with Crippen LogP contribution in [0.15, 0.2) is 41.3 Å². The van der Waals surface area contributed by atoms with E-state index in [9.17, 15) is 22.8 Å². The van der Waals surface area contributed by atoms with Crippen LogP contribution in [-0.2, 0) is 24.2 Å². The summed E-state index contributed by atoms with van der Waals surface area (Å²) in [6.07, 6.45) is 0. The van der Waals surface area contributed by atoms with E-state index in [0.29, 0.717) is 16.5 Å². The van der Waals surface area contributed by atoms with Gasteiger partial charge in [-0.2, -0.15) is 0 Å². The van der Waals surface area contributed by atoms with Crippen molar-refractivity contribution < 1.29 is 27.9 Å². The van der Waals surface area contributed by atoms with Gasteiger partial charge in [0.2, 0.25) is 0 Å². The monoisotopic (exact) mass is 367 g/mol. The molecule has 0 aromatic heterocycles. The zero-order valence-corrected chi connectivity index (χ0v) is 14.0. The summed E-state index contributed by atoms with van der Waals surface area (Å²) in [5.74, 6) is -3.58. The number of fused-ring (bicyclic) bond motifs is 1. The predicted octanol–water partition coefficient (Wildman–Crippen LogP) is -0.374. The summed E-state index contributed by atoms with van der Waals surface area (Å²) in [6.45, 7) is 1.16. The number of carboxylic acid groups (broad SMARTS) is 1. The molecule has 7 N–H and O–H groups in total. The smallest absolute Gasteiger partial charge is 0.321 e. The number of primary amides is 2. The molecule has 2 aromatic rings. The van der Waals surface area contributed by atoms with Crippen LogP contribution in [0, 0.1) is 0 Å². The van der Waals surface area contributed by atoms with E-state index in [2.05, 4.69) is 11.5 Å². The molecular formula is C15H17N3O6S. The fraction of sp³-hybridized carbons (Fsp3) is 0.133. The Labute approximate surface area is 143 Å². The molecule has 2 rings (SSSR count). The van der Waals surface area contributed by atoms with Crippen molar-refractivity contribution >= 4 is 44.1 Å². The molecule has 0 fully saturated rings. The molecule has 0 aliphatic rings. The summed E-state index contributed by atoms with van der Waals surface area (Å²) in [5, 5.41) is 8.44. The van der Waals surface area contributed by atoms with E-state index >= 15 is 0 Å². The van der Waals surface area contributed by atoms with E-state index in [1.165, 1.54) is 12.1 Å². The summed E-state index contributed by atoms with van der Waals surface area (Å²) in [5.41, 5.74) is 14.9. The number of amides is 2. The van der Waals surface area contributed by atoms with E-state index in [1.807, 2.05) is 0 Å². The molecule has 25 heavy (non-hydrogen) atoms. The minimum Gasteiger partial charge on any atom is -0.480 e. The molecule has 9 nitrogen and oxygen atoms in total. The van der Waals surface area contributed by atoms with Crippen molar-refractivity contribution in [1.82, 2.24) is 0 Å². The predicted molar refractivity (Wildman–Crippen MR) is 91.0 cm³/mol. The zero-order chi connectivity index (χ0) is 19.4. The number of aliphatic carboxylic acids is 1. The number of carboxylic acids is 1. The van der Waals surface area contributed by atoms with Crippen LogP contribution in [0.3, 0.4) is 0 Å². The van der Waals surface area contributed by atoms with Crippen molar-refractivity contribution in [3.8, 4) is 0 Å². The number of nitrogens with two attached hydrogens (primary N) is 3. The topological polar surface area (TPSA) is 184 Å². The summed E-state index contributed by atoms with van der Waals surface area (Å²) in [4.78, 5) is 29.8. The highest BCUT2D eigenvalue weighted by Crippen LogP contribution is 2.29. The molecule has 10 heteroatoms. The number of benzene rings is 2. The maximum absolute atomic E-state index is 12.3. The molecule has 0 saturated carbocycles. The normalized spacial score (nSPS) is 11.9. The van der Waals surface area contributed by atoms with Gasteiger partial charge in [0.05, 0.1) is 4.90 Å². The molecule has 0 heterocycles. The SMILES string of the molecule is CC(C(=O)O)S(=O)(=O)c1ccc(N)c2ccccc12.NC(=O)C(N)=O. The van der Waals surface area contributed by atoms with Crippen LogP contribution in [0.5, 0.6) is 0 Å². The summed E-state index contributed by atoms with van der Waals surface area (Å²) in [7, 11) is -3.94. The summed E-state index contributed by atoms with van der Waals surface area (Å²) in [6, 6.07) is 9.58. The lowest BCUT2D eigenvalue weighted by Gasteiger charge is -2.12. The number of nitrogen functional groups attached to an aromatic ring is 1. The first-order valence-electron chi connectivity index (χ1n) is 6.83. The Hall–Kier alpha value is -3.14. The van der Waals surface area contributed by atoms with Crippen LogP contribution in [0.1, 0.15) is 6.92 Å². The van der Waals surface area contributed by atoms with Crippen molar-refractivity contribution in [3.05, 3.63) is 36.4 Å². The lowest BCUT2D eigenvalue weighted by Crippen LogP contribution is -2.29. The van der Waals surface area contributed by atoms with Gasteiger partial charge in [0, 0.05) is 16.5 Å². The van der Waals surface area contributed by atoms with Gasteiger partial charge in [0.25, 0.3) is 0 Å². The minimum atomic E-state index is -3.94. The van der Waals surface area contributed by atoms with Gasteiger partial charge in [-0.3, -0.25) is 14.4 Å². The van der Waals surface area contributed by atoms with Crippen LogP contribution in [0.2, 0.25) is 0 Å². The van der Waals surface area contributed by atoms with Gasteiger partial charge in [0.15, 0.2) is 15.1 Å². The number of anilines is 1. The van der Waals surface area contributed by atoms with Crippen molar-refractivity contribution in [2.45, 2.75) is 17.1 Å². The maximum atomic E-state index is 12.3. The highest BCUT2D eigenvalue weighted by Gasteiger charge is 2.30. The lowest BCUT2D eigenvalue weighted by molar-refractivity contribution is -0.136. The fourth-order valence-corrected chi connectivity index (χ4v) is 3.25. The summed E-state index contributed by atoms with van der Waals surface area (Å²) < 4.78 is 24.6. The van der Waals surface area contributed by atoms with Gasteiger partial charge >= 0.3 is 17.8 Å². The Kier molecular flexibility index (Phi) is 6.07. The third-order valence-electron chi connectivity index (χ3n) is 3.28.